The number of aliphatic imine (C=N–C) groups is 1. The third-order valence-corrected chi connectivity index (χ3v) is 5.89. The molecule has 1 aliphatic carbocycles. The minimum absolute atomic E-state index is 0.0422. The predicted molar refractivity (Wildman–Crippen MR) is 110 cm³/mol. The highest BCUT2D eigenvalue weighted by molar-refractivity contribution is 5.73. The van der Waals surface area contributed by atoms with Crippen molar-refractivity contribution in [1.82, 2.24) is 20.1 Å². The Hall–Kier alpha value is -3.37. The molecule has 0 radical (unpaired) electrons. The molecule has 11 heteroatoms. The summed E-state index contributed by atoms with van der Waals surface area (Å²) in [5.74, 6) is -1.15. The third-order valence-electron chi connectivity index (χ3n) is 5.89. The molecule has 1 aromatic carbocycles. The second-order valence-electron chi connectivity index (χ2n) is 8.05. The minimum Gasteiger partial charge on any atom is -0.260 e. The van der Waals surface area contributed by atoms with Gasteiger partial charge < -0.3 is 0 Å². The van der Waals surface area contributed by atoms with E-state index in [9.17, 15) is 26.4 Å². The number of fused-ring (bicyclic) bond motifs is 3. The van der Waals surface area contributed by atoms with Crippen molar-refractivity contribution in [3.63, 3.8) is 0 Å². The number of alkyl halides is 4. The average molecular weight is 467 g/mol. The van der Waals surface area contributed by atoms with Gasteiger partial charge in [0.15, 0.2) is 12.4 Å². The van der Waals surface area contributed by atoms with E-state index in [0.29, 0.717) is 16.8 Å². The van der Waals surface area contributed by atoms with Crippen LogP contribution in [0.1, 0.15) is 41.6 Å². The standard InChI is InChI=1S/C22H19F6N5/c1-21(17(31-28)6-7-29-12-23)10-15(14-4-2-13(3-5-14)9-22(25,26)27)16-11-30-19-8-18(24)32-33(19)20(16)21/h2-8,11,15,31H,9-10,12H2,1H3/b17-6-,29-7+/t15?,21-/m1/s1. The van der Waals surface area contributed by atoms with E-state index in [0.717, 1.165) is 12.3 Å². The van der Waals surface area contributed by atoms with E-state index in [4.69, 9.17) is 0 Å². The van der Waals surface area contributed by atoms with Crippen molar-refractivity contribution in [2.24, 2.45) is 4.99 Å². The molecule has 0 bridgehead atoms. The third kappa shape index (κ3) is 4.31. The number of allylic oxidation sites excluding steroid dienone is 2. The van der Waals surface area contributed by atoms with Crippen molar-refractivity contribution in [2.75, 3.05) is 6.80 Å². The molecule has 0 saturated carbocycles. The van der Waals surface area contributed by atoms with E-state index in [1.807, 2.05) is 0 Å². The Kier molecular flexibility index (Phi) is 5.89. The molecule has 1 aliphatic rings. The van der Waals surface area contributed by atoms with Crippen LogP contribution in [0.5, 0.6) is 0 Å². The van der Waals surface area contributed by atoms with E-state index in [2.05, 4.69) is 15.1 Å². The molecule has 1 N–H and O–H groups in total. The van der Waals surface area contributed by atoms with E-state index >= 15 is 0 Å². The smallest absolute Gasteiger partial charge is 0.260 e. The number of nitrogens with one attached hydrogen (secondary N) is 1. The molecular formula is C22H19F6N5. The maximum atomic E-state index is 13.9. The number of hydrogen-bond acceptors (Lipinski definition) is 4. The number of rotatable bonds is 6. The van der Waals surface area contributed by atoms with Gasteiger partial charge in [0.05, 0.1) is 23.2 Å². The Balaban J connectivity index is 1.84. The highest BCUT2D eigenvalue weighted by Gasteiger charge is 2.46. The fourth-order valence-electron chi connectivity index (χ4n) is 4.46. The van der Waals surface area contributed by atoms with Gasteiger partial charge in [0.25, 0.3) is 0 Å². The second-order valence-corrected chi connectivity index (χ2v) is 8.05. The van der Waals surface area contributed by atoms with Gasteiger partial charge in [-0.3, -0.25) is 4.99 Å². The summed E-state index contributed by atoms with van der Waals surface area (Å²) in [7, 11) is 0. The van der Waals surface area contributed by atoms with Crippen LogP contribution in [0, 0.1) is 5.95 Å². The lowest BCUT2D eigenvalue weighted by Gasteiger charge is -2.27. The average Bonchev–Trinajstić information content (AvgIpc) is 3.28. The first-order valence-electron chi connectivity index (χ1n) is 9.99. The fraction of sp³-hybridized carbons (Fsp3) is 0.318. The van der Waals surface area contributed by atoms with Gasteiger partial charge in [0, 0.05) is 30.0 Å². The highest BCUT2D eigenvalue weighted by Crippen LogP contribution is 2.51. The lowest BCUT2D eigenvalue weighted by Crippen LogP contribution is -2.30. The van der Waals surface area contributed by atoms with E-state index in [1.54, 1.807) is 24.6 Å². The van der Waals surface area contributed by atoms with Crippen LogP contribution in [0.4, 0.5) is 26.4 Å². The normalized spacial score (nSPS) is 21.2. The first-order valence-corrected chi connectivity index (χ1v) is 9.99. The van der Waals surface area contributed by atoms with Crippen molar-refractivity contribution in [1.29, 1.82) is 0 Å². The van der Waals surface area contributed by atoms with E-state index in [1.165, 1.54) is 28.9 Å². The molecule has 3 aromatic rings. The van der Waals surface area contributed by atoms with Gasteiger partial charge in [-0.2, -0.15) is 17.6 Å². The molecule has 0 saturated heterocycles. The quantitative estimate of drug-likeness (QED) is 0.237. The molecule has 0 spiro atoms. The molecule has 2 atom stereocenters. The highest BCUT2D eigenvalue weighted by atomic mass is 19.4. The van der Waals surface area contributed by atoms with Crippen LogP contribution in [-0.2, 0) is 11.8 Å². The lowest BCUT2D eigenvalue weighted by atomic mass is 9.81. The maximum absolute atomic E-state index is 13.9. The van der Waals surface area contributed by atoms with Gasteiger partial charge in [-0.15, -0.1) is 9.58 Å². The Labute approximate surface area is 184 Å². The minimum atomic E-state index is -4.33. The largest absolute Gasteiger partial charge is 0.393 e. The Morgan fingerprint density at radius 3 is 2.67 bits per heavy atom. The van der Waals surface area contributed by atoms with Crippen LogP contribution in [-0.4, -0.2) is 33.8 Å². The molecular weight excluding hydrogens is 448 g/mol. The van der Waals surface area contributed by atoms with Crippen LogP contribution in [0.2, 0.25) is 0 Å². The number of benzene rings is 1. The molecule has 0 fully saturated rings. The maximum Gasteiger partial charge on any atom is 0.393 e. The van der Waals surface area contributed by atoms with Gasteiger partial charge in [0.2, 0.25) is 5.95 Å². The lowest BCUT2D eigenvalue weighted by molar-refractivity contribution is -0.127. The van der Waals surface area contributed by atoms with Crippen molar-refractivity contribution in [3.05, 3.63) is 76.6 Å². The van der Waals surface area contributed by atoms with Crippen LogP contribution in [0.25, 0.3) is 5.65 Å². The molecule has 1 unspecified atom stereocenters. The number of hydrogen-bond donors (Lipinski definition) is 1. The zero-order chi connectivity index (χ0) is 23.8. The zero-order valence-electron chi connectivity index (χ0n) is 17.4. The van der Waals surface area contributed by atoms with Crippen LogP contribution in [0.15, 0.2) is 53.3 Å². The zero-order valence-corrected chi connectivity index (χ0v) is 17.4. The Morgan fingerprint density at radius 2 is 2.03 bits per heavy atom. The van der Waals surface area contributed by atoms with Gasteiger partial charge >= 0.3 is 6.18 Å². The summed E-state index contributed by atoms with van der Waals surface area (Å²) in [5.41, 5.74) is 2.70. The van der Waals surface area contributed by atoms with Crippen molar-refractivity contribution >= 4 is 11.9 Å². The summed E-state index contributed by atoms with van der Waals surface area (Å²) >= 11 is 0. The monoisotopic (exact) mass is 467 g/mol. The van der Waals surface area contributed by atoms with Crippen LogP contribution < -0.4 is 5.54 Å². The van der Waals surface area contributed by atoms with Gasteiger partial charge in [-0.25, -0.2) is 19.4 Å². The van der Waals surface area contributed by atoms with E-state index < -0.39 is 30.8 Å². The summed E-state index contributed by atoms with van der Waals surface area (Å²) in [6, 6.07) is 7.11. The summed E-state index contributed by atoms with van der Waals surface area (Å²) in [4.78, 5) is 7.68. The topological polar surface area (TPSA) is 54.6 Å². The first kappa shape index (κ1) is 22.8. The molecule has 0 aliphatic heterocycles. The first-order chi connectivity index (χ1) is 15.7. The summed E-state index contributed by atoms with van der Waals surface area (Å²) in [6.07, 6.45) is -1.16. The fourth-order valence-corrected chi connectivity index (χ4v) is 4.46. The van der Waals surface area contributed by atoms with Gasteiger partial charge in [0.1, 0.15) is 0 Å². The molecule has 2 aromatic heterocycles. The predicted octanol–water partition coefficient (Wildman–Crippen LogP) is 5.12. The summed E-state index contributed by atoms with van der Waals surface area (Å²) in [6.45, 7) is 0.735. The molecule has 5 nitrogen and oxygen atoms in total. The van der Waals surface area contributed by atoms with Crippen molar-refractivity contribution < 1.29 is 26.4 Å². The van der Waals surface area contributed by atoms with Crippen molar-refractivity contribution in [3.8, 4) is 0 Å². The Morgan fingerprint density at radius 1 is 1.30 bits per heavy atom. The summed E-state index contributed by atoms with van der Waals surface area (Å²) < 4.78 is 79.7. The van der Waals surface area contributed by atoms with Gasteiger partial charge in [-0.05, 0) is 30.5 Å². The number of nitrogens with zero attached hydrogens (tertiary/aromatic N) is 4. The van der Waals surface area contributed by atoms with Gasteiger partial charge in [-0.1, -0.05) is 24.3 Å². The molecule has 4 rings (SSSR count). The summed E-state index contributed by atoms with van der Waals surface area (Å²) in [5, 5.41) is 3.87. The Bertz CT molecular complexity index is 1210. The van der Waals surface area contributed by atoms with Crippen molar-refractivity contribution in [2.45, 2.75) is 37.3 Å². The molecule has 33 heavy (non-hydrogen) atoms. The van der Waals surface area contributed by atoms with Crippen LogP contribution in [0.3, 0.4) is 0 Å². The van der Waals surface area contributed by atoms with E-state index in [-0.39, 0.29) is 29.2 Å². The second kappa shape index (κ2) is 8.53. The molecule has 0 amide bonds. The number of halogens is 6. The number of aromatic nitrogens is 3. The van der Waals surface area contributed by atoms with Crippen LogP contribution >= 0.6 is 0 Å². The molecule has 2 heterocycles. The SMILES string of the molecule is C[C@]1(/C(=C/C=N/CF)NF)CC(c2ccc(CC(F)(F)F)cc2)c2cnc3cc(F)nn3c21. The molecule has 174 valence electrons.